The lowest BCUT2D eigenvalue weighted by Gasteiger charge is -2.34. The van der Waals surface area contributed by atoms with Crippen LogP contribution in [0.25, 0.3) is 0 Å². The van der Waals surface area contributed by atoms with Gasteiger partial charge in [-0.3, -0.25) is 0 Å². The summed E-state index contributed by atoms with van der Waals surface area (Å²) in [5.74, 6) is 2.42. The van der Waals surface area contributed by atoms with E-state index in [1.54, 1.807) is 0 Å². The van der Waals surface area contributed by atoms with Crippen LogP contribution < -0.4 is 0 Å². The largest absolute Gasteiger partial charge is 0.324 e. The molecule has 3 fully saturated rings. The second-order valence-corrected chi connectivity index (χ2v) is 12.3. The van der Waals surface area contributed by atoms with Gasteiger partial charge in [0.25, 0.3) is 0 Å². The van der Waals surface area contributed by atoms with Crippen LogP contribution >= 0.6 is 7.14 Å². The van der Waals surface area contributed by atoms with Gasteiger partial charge in [0.1, 0.15) is 0 Å². The summed E-state index contributed by atoms with van der Waals surface area (Å²) in [7, 11) is -1.92. The van der Waals surface area contributed by atoms with Crippen LogP contribution in [0.1, 0.15) is 96.3 Å². The Balaban J connectivity index is 1.61. The maximum Gasteiger partial charge on any atom is 0.0885 e. The molecule has 3 rings (SSSR count). The van der Waals surface area contributed by atoms with E-state index in [1.165, 1.54) is 96.3 Å². The second-order valence-electron chi connectivity index (χ2n) is 9.12. The molecule has 134 valence electrons. The first-order valence-electron chi connectivity index (χ1n) is 10.8. The molecule has 0 spiro atoms. The van der Waals surface area contributed by atoms with Gasteiger partial charge in [0.05, 0.1) is 7.14 Å². The summed E-state index contributed by atoms with van der Waals surface area (Å²) in [6.07, 6.45) is 24.3. The van der Waals surface area contributed by atoms with Crippen molar-refractivity contribution in [3.8, 4) is 0 Å². The van der Waals surface area contributed by atoms with E-state index in [9.17, 15) is 4.57 Å². The molecule has 0 atom stereocenters. The van der Waals surface area contributed by atoms with Crippen LogP contribution in [0.15, 0.2) is 0 Å². The van der Waals surface area contributed by atoms with Crippen LogP contribution in [0.2, 0.25) is 0 Å². The summed E-state index contributed by atoms with van der Waals surface area (Å²) in [5, 5.41) is 0. The molecule has 3 aliphatic rings. The highest BCUT2D eigenvalue weighted by atomic mass is 31.2. The van der Waals surface area contributed by atoms with Gasteiger partial charge in [-0.1, -0.05) is 96.3 Å². The first kappa shape index (κ1) is 18.0. The van der Waals surface area contributed by atoms with Gasteiger partial charge < -0.3 is 4.57 Å². The highest BCUT2D eigenvalue weighted by Crippen LogP contribution is 2.55. The highest BCUT2D eigenvalue weighted by Gasteiger charge is 2.33. The molecule has 0 aromatic heterocycles. The van der Waals surface area contributed by atoms with Gasteiger partial charge >= 0.3 is 0 Å². The molecule has 0 unspecified atom stereocenters. The van der Waals surface area contributed by atoms with E-state index in [-0.39, 0.29) is 0 Å². The van der Waals surface area contributed by atoms with Gasteiger partial charge in [0, 0.05) is 18.5 Å². The molecule has 0 aromatic carbocycles. The lowest BCUT2D eigenvalue weighted by Crippen LogP contribution is -2.22. The van der Waals surface area contributed by atoms with Crippen LogP contribution in [0.4, 0.5) is 0 Å². The van der Waals surface area contributed by atoms with Crippen molar-refractivity contribution in [2.24, 2.45) is 17.8 Å². The summed E-state index contributed by atoms with van der Waals surface area (Å²) in [4.78, 5) is 0. The van der Waals surface area contributed by atoms with Crippen LogP contribution in [0, 0.1) is 17.8 Å². The van der Waals surface area contributed by atoms with E-state index in [0.717, 1.165) is 36.2 Å². The standard InChI is InChI=1S/C21H39OP/c22-23(16-19-10-4-1-5-11-19,17-20-12-6-2-7-13-20)18-21-14-8-3-9-15-21/h19-21H,1-18H2. The Morgan fingerprint density at radius 1 is 0.478 bits per heavy atom. The maximum atomic E-state index is 14.0. The molecule has 3 aliphatic carbocycles. The van der Waals surface area contributed by atoms with Crippen LogP contribution in [-0.4, -0.2) is 18.5 Å². The molecule has 0 aromatic rings. The zero-order chi connectivity index (χ0) is 16.0. The van der Waals surface area contributed by atoms with Gasteiger partial charge in [-0.2, -0.15) is 0 Å². The molecule has 0 bridgehead atoms. The zero-order valence-electron chi connectivity index (χ0n) is 15.3. The van der Waals surface area contributed by atoms with Crippen molar-refractivity contribution in [1.29, 1.82) is 0 Å². The minimum atomic E-state index is -1.92. The summed E-state index contributed by atoms with van der Waals surface area (Å²) in [6, 6.07) is 0. The summed E-state index contributed by atoms with van der Waals surface area (Å²) < 4.78 is 14.0. The maximum absolute atomic E-state index is 14.0. The summed E-state index contributed by atoms with van der Waals surface area (Å²) >= 11 is 0. The Hall–Kier alpha value is 0.230. The zero-order valence-corrected chi connectivity index (χ0v) is 16.2. The first-order valence-corrected chi connectivity index (χ1v) is 13.1. The van der Waals surface area contributed by atoms with Crippen LogP contribution in [0.3, 0.4) is 0 Å². The predicted octanol–water partition coefficient (Wildman–Crippen LogP) is 7.09. The van der Waals surface area contributed by atoms with Crippen molar-refractivity contribution in [2.45, 2.75) is 96.3 Å². The number of hydrogen-bond donors (Lipinski definition) is 0. The van der Waals surface area contributed by atoms with Gasteiger partial charge in [0.2, 0.25) is 0 Å². The van der Waals surface area contributed by atoms with Crippen molar-refractivity contribution in [1.82, 2.24) is 0 Å². The van der Waals surface area contributed by atoms with Crippen molar-refractivity contribution in [3.05, 3.63) is 0 Å². The molecular formula is C21H39OP. The smallest absolute Gasteiger partial charge is 0.0885 e. The van der Waals surface area contributed by atoms with Gasteiger partial charge in [-0.15, -0.1) is 0 Å². The molecule has 0 radical (unpaired) electrons. The van der Waals surface area contributed by atoms with E-state index < -0.39 is 7.14 Å². The third-order valence-electron chi connectivity index (χ3n) is 6.95. The average molecular weight is 339 g/mol. The minimum absolute atomic E-state index is 0.807. The highest BCUT2D eigenvalue weighted by molar-refractivity contribution is 7.63. The Morgan fingerprint density at radius 2 is 0.739 bits per heavy atom. The SMILES string of the molecule is O=P(CC1CCCCC1)(CC1CCCCC1)CC1CCCCC1. The molecule has 0 aliphatic heterocycles. The molecule has 0 saturated heterocycles. The third kappa shape index (κ3) is 5.91. The Bertz CT molecular complexity index is 316. The van der Waals surface area contributed by atoms with Crippen molar-refractivity contribution < 1.29 is 4.57 Å². The summed E-state index contributed by atoms with van der Waals surface area (Å²) in [5.41, 5.74) is 0. The van der Waals surface area contributed by atoms with E-state index in [4.69, 9.17) is 0 Å². The fraction of sp³-hybridized carbons (Fsp3) is 1.00. The number of hydrogen-bond acceptors (Lipinski definition) is 1. The third-order valence-corrected chi connectivity index (χ3v) is 10.5. The van der Waals surface area contributed by atoms with E-state index in [2.05, 4.69) is 0 Å². The Labute approximate surface area is 144 Å². The van der Waals surface area contributed by atoms with Crippen molar-refractivity contribution in [3.63, 3.8) is 0 Å². The van der Waals surface area contributed by atoms with E-state index >= 15 is 0 Å². The fourth-order valence-corrected chi connectivity index (χ4v) is 10.1. The van der Waals surface area contributed by atoms with Crippen LogP contribution in [0.5, 0.6) is 0 Å². The summed E-state index contributed by atoms with van der Waals surface area (Å²) in [6.45, 7) is 0. The molecule has 2 heteroatoms. The molecule has 3 saturated carbocycles. The second kappa shape index (κ2) is 9.07. The Kier molecular flexibility index (Phi) is 7.11. The molecule has 1 nitrogen and oxygen atoms in total. The topological polar surface area (TPSA) is 17.1 Å². The monoisotopic (exact) mass is 338 g/mol. The lowest BCUT2D eigenvalue weighted by atomic mass is 9.90. The molecule has 0 amide bonds. The quantitative estimate of drug-likeness (QED) is 0.472. The fourth-order valence-electron chi connectivity index (χ4n) is 5.74. The van der Waals surface area contributed by atoms with E-state index in [1.807, 2.05) is 0 Å². The minimum Gasteiger partial charge on any atom is -0.324 e. The molecule has 0 N–H and O–H groups in total. The van der Waals surface area contributed by atoms with Gasteiger partial charge in [-0.25, -0.2) is 0 Å². The van der Waals surface area contributed by atoms with Crippen molar-refractivity contribution in [2.75, 3.05) is 18.5 Å². The normalized spacial score (nSPS) is 26.4. The first-order chi connectivity index (χ1) is 11.2. The van der Waals surface area contributed by atoms with Crippen LogP contribution in [-0.2, 0) is 4.57 Å². The molecule has 0 heterocycles. The Morgan fingerprint density at radius 3 is 1.00 bits per heavy atom. The molecular weight excluding hydrogens is 299 g/mol. The number of rotatable bonds is 6. The molecule has 23 heavy (non-hydrogen) atoms. The average Bonchev–Trinajstić information content (AvgIpc) is 2.57. The van der Waals surface area contributed by atoms with Gasteiger partial charge in [0.15, 0.2) is 0 Å². The lowest BCUT2D eigenvalue weighted by molar-refractivity contribution is 0.361. The van der Waals surface area contributed by atoms with E-state index in [0.29, 0.717) is 0 Å². The predicted molar refractivity (Wildman–Crippen MR) is 102 cm³/mol. The van der Waals surface area contributed by atoms with Crippen molar-refractivity contribution >= 4 is 7.14 Å². The van der Waals surface area contributed by atoms with Gasteiger partial charge in [-0.05, 0) is 17.8 Å².